The van der Waals surface area contributed by atoms with E-state index in [0.717, 1.165) is 13.1 Å². The van der Waals surface area contributed by atoms with Crippen LogP contribution in [0.15, 0.2) is 0 Å². The van der Waals surface area contributed by atoms with Crippen LogP contribution in [-0.4, -0.2) is 32.1 Å². The smallest absolute Gasteiger partial charge is 1.00 e. The van der Waals surface area contributed by atoms with Crippen LogP contribution in [0.3, 0.4) is 0 Å². The first-order valence-electron chi connectivity index (χ1n) is 2.12. The normalized spacial score (nSPS) is 6.67. The fraction of sp³-hybridized carbons (Fsp3) is 1.00. The molecule has 2 N–H and O–H groups in total. The zero-order chi connectivity index (χ0) is 4.99. The first-order valence-corrected chi connectivity index (χ1v) is 2.12. The van der Waals surface area contributed by atoms with Gasteiger partial charge in [-0.2, -0.15) is 0 Å². The Labute approximate surface area is 92.3 Å². The van der Waals surface area contributed by atoms with Crippen molar-refractivity contribution in [2.24, 2.45) is 5.73 Å². The molecule has 0 saturated carbocycles. The minimum atomic E-state index is 0. The quantitative estimate of drug-likeness (QED) is 0.461. The van der Waals surface area contributed by atoms with Crippen molar-refractivity contribution in [3.8, 4) is 0 Å². The molecule has 5 heteroatoms. The summed E-state index contributed by atoms with van der Waals surface area (Å²) in [7, 11) is 4.01. The maximum atomic E-state index is 5.19. The zero-order valence-electron chi connectivity index (χ0n) is 5.51. The Bertz CT molecular complexity index is 37.7. The van der Waals surface area contributed by atoms with Gasteiger partial charge in [0.25, 0.3) is 0 Å². The van der Waals surface area contributed by atoms with Crippen LogP contribution in [0.4, 0.5) is 0 Å². The van der Waals surface area contributed by atoms with E-state index >= 15 is 0 Å². The molecule has 0 aromatic heterocycles. The van der Waals surface area contributed by atoms with E-state index in [4.69, 9.17) is 5.73 Å². The molecular weight excluding hydrogens is 431 g/mol. The molecule has 0 unspecified atom stereocenters. The minimum absolute atomic E-state index is 0. The van der Waals surface area contributed by atoms with Crippen molar-refractivity contribution in [3.63, 3.8) is 0 Å². The van der Waals surface area contributed by atoms with E-state index in [9.17, 15) is 0 Å². The molecular formula is C4H12Br2N2Pt. The van der Waals surface area contributed by atoms with Crippen LogP contribution in [0.2, 0.25) is 0 Å². The summed E-state index contributed by atoms with van der Waals surface area (Å²) in [5.74, 6) is 0. The second-order valence-electron chi connectivity index (χ2n) is 1.59. The Kier molecular flexibility index (Phi) is 40.6. The van der Waals surface area contributed by atoms with Crippen molar-refractivity contribution in [2.75, 3.05) is 27.2 Å². The molecule has 0 saturated heterocycles. The molecule has 0 spiro atoms. The molecule has 9 heavy (non-hydrogen) atoms. The fourth-order valence-corrected chi connectivity index (χ4v) is 0.258. The summed E-state index contributed by atoms with van der Waals surface area (Å²) < 4.78 is 0. The van der Waals surface area contributed by atoms with Crippen molar-refractivity contribution >= 4 is 0 Å². The predicted molar refractivity (Wildman–Crippen MR) is 27.6 cm³/mol. The van der Waals surface area contributed by atoms with Crippen molar-refractivity contribution in [1.82, 2.24) is 4.90 Å². The average molecular weight is 443 g/mol. The second kappa shape index (κ2) is 16.3. The summed E-state index contributed by atoms with van der Waals surface area (Å²) in [4.78, 5) is 2.06. The SMILES string of the molecule is CN(C)CCN.[Br-].[Br-].[Pt+2]. The van der Waals surface area contributed by atoms with Gasteiger partial charge in [-0.25, -0.2) is 0 Å². The molecule has 62 valence electrons. The summed E-state index contributed by atoms with van der Waals surface area (Å²) in [6.45, 7) is 1.74. The molecule has 2 nitrogen and oxygen atoms in total. The number of nitrogens with two attached hydrogens (primary N) is 1. The number of hydrogen-bond donors (Lipinski definition) is 1. The fourth-order valence-electron chi connectivity index (χ4n) is 0.258. The van der Waals surface area contributed by atoms with Crippen molar-refractivity contribution in [2.45, 2.75) is 0 Å². The third-order valence-electron chi connectivity index (χ3n) is 0.576. The molecule has 0 aliphatic rings. The van der Waals surface area contributed by atoms with Crippen molar-refractivity contribution < 1.29 is 55.0 Å². The zero-order valence-corrected chi connectivity index (χ0v) is 11.0. The molecule has 0 aromatic rings. The van der Waals surface area contributed by atoms with Gasteiger partial charge in [-0.1, -0.05) is 0 Å². The average Bonchev–Trinajstić information content (AvgIpc) is 1.35. The van der Waals surface area contributed by atoms with Gasteiger partial charge in [0.2, 0.25) is 0 Å². The van der Waals surface area contributed by atoms with E-state index in [1.165, 1.54) is 0 Å². The first kappa shape index (κ1) is 22.4. The molecule has 0 aliphatic carbocycles. The molecule has 0 rings (SSSR count). The van der Waals surface area contributed by atoms with Gasteiger partial charge < -0.3 is 44.6 Å². The number of hydrogen-bond acceptors (Lipinski definition) is 2. The topological polar surface area (TPSA) is 29.3 Å². The Morgan fingerprint density at radius 1 is 1.22 bits per heavy atom. The first-order chi connectivity index (χ1) is 2.77. The van der Waals surface area contributed by atoms with Crippen LogP contribution in [0, 0.1) is 0 Å². The molecule has 0 heterocycles. The summed E-state index contributed by atoms with van der Waals surface area (Å²) in [5.41, 5.74) is 5.19. The van der Waals surface area contributed by atoms with E-state index in [2.05, 4.69) is 4.90 Å². The second-order valence-corrected chi connectivity index (χ2v) is 1.59. The van der Waals surface area contributed by atoms with Crippen LogP contribution in [0.5, 0.6) is 0 Å². The van der Waals surface area contributed by atoms with E-state index in [1.54, 1.807) is 0 Å². The van der Waals surface area contributed by atoms with E-state index in [1.807, 2.05) is 14.1 Å². The molecule has 0 amide bonds. The maximum Gasteiger partial charge on any atom is 2.00 e. The van der Waals surface area contributed by atoms with E-state index < -0.39 is 0 Å². The third-order valence-corrected chi connectivity index (χ3v) is 0.576. The Morgan fingerprint density at radius 2 is 1.56 bits per heavy atom. The van der Waals surface area contributed by atoms with Gasteiger partial charge in [0, 0.05) is 13.1 Å². The van der Waals surface area contributed by atoms with Crippen LogP contribution >= 0.6 is 0 Å². The summed E-state index contributed by atoms with van der Waals surface area (Å²) in [5, 5.41) is 0. The molecule has 0 aromatic carbocycles. The molecule has 0 bridgehead atoms. The Balaban J connectivity index is -0.0000000417. The van der Waals surface area contributed by atoms with Gasteiger partial charge >= 0.3 is 21.1 Å². The minimum Gasteiger partial charge on any atom is -1.00 e. The monoisotopic (exact) mass is 441 g/mol. The van der Waals surface area contributed by atoms with Crippen LogP contribution in [0.25, 0.3) is 0 Å². The van der Waals surface area contributed by atoms with Gasteiger partial charge in [-0.15, -0.1) is 0 Å². The standard InChI is InChI=1S/C4H12N2.2BrH.Pt/c1-6(2)4-3-5;;;/h3-5H2,1-2H3;2*1H;/q;;;+2/p-2. The van der Waals surface area contributed by atoms with Gasteiger partial charge in [-0.05, 0) is 14.1 Å². The molecule has 0 atom stereocenters. The molecule has 0 fully saturated rings. The Hall–Kier alpha value is 1.57. The Morgan fingerprint density at radius 3 is 1.56 bits per heavy atom. The summed E-state index contributed by atoms with van der Waals surface area (Å²) >= 11 is 0. The van der Waals surface area contributed by atoms with Crippen LogP contribution in [-0.2, 0) is 21.1 Å². The van der Waals surface area contributed by atoms with E-state index in [-0.39, 0.29) is 55.0 Å². The van der Waals surface area contributed by atoms with Gasteiger partial charge in [0.1, 0.15) is 0 Å². The summed E-state index contributed by atoms with van der Waals surface area (Å²) in [6.07, 6.45) is 0. The molecule has 0 radical (unpaired) electrons. The maximum absolute atomic E-state index is 5.19. The van der Waals surface area contributed by atoms with Crippen LogP contribution in [0.1, 0.15) is 0 Å². The number of nitrogens with zero attached hydrogens (tertiary/aromatic N) is 1. The van der Waals surface area contributed by atoms with Gasteiger partial charge in [0.05, 0.1) is 0 Å². The van der Waals surface area contributed by atoms with Gasteiger partial charge in [-0.3, -0.25) is 0 Å². The van der Waals surface area contributed by atoms with Crippen LogP contribution < -0.4 is 39.7 Å². The molecule has 0 aliphatic heterocycles. The number of rotatable bonds is 2. The third kappa shape index (κ3) is 26.3. The number of halogens is 2. The van der Waals surface area contributed by atoms with Crippen molar-refractivity contribution in [1.29, 1.82) is 0 Å². The number of likely N-dealkylation sites (N-methyl/N-ethyl adjacent to an activating group) is 1. The predicted octanol–water partition coefficient (Wildman–Crippen LogP) is -6.49. The van der Waals surface area contributed by atoms with Gasteiger partial charge in [0.15, 0.2) is 0 Å². The summed E-state index contributed by atoms with van der Waals surface area (Å²) in [6, 6.07) is 0. The largest absolute Gasteiger partial charge is 2.00 e. The van der Waals surface area contributed by atoms with Crippen molar-refractivity contribution in [3.05, 3.63) is 0 Å². The van der Waals surface area contributed by atoms with E-state index in [0.29, 0.717) is 0 Å².